The number of carbonyl (C=O) groups is 2. The molecule has 1 saturated heterocycles. The fraction of sp³-hybridized carbons (Fsp3) is 0.562. The zero-order valence-corrected chi connectivity index (χ0v) is 26.1. The predicted molar refractivity (Wildman–Crippen MR) is 167 cm³/mol. The SMILES string of the molecule is Cc1ccccc1-c1cc(CN2CC(SCC3CCCCC3)CC2C)ccc1C(=O)NC(CCS(C)(=O)=O)C(=O)O. The van der Waals surface area contributed by atoms with Gasteiger partial charge in [0, 0.05) is 36.2 Å². The van der Waals surface area contributed by atoms with Gasteiger partial charge in [0.2, 0.25) is 0 Å². The lowest BCUT2D eigenvalue weighted by Crippen LogP contribution is -2.42. The number of likely N-dealkylation sites (tertiary alicyclic amines) is 1. The minimum atomic E-state index is -3.37. The minimum Gasteiger partial charge on any atom is -0.480 e. The number of rotatable bonds is 12. The number of nitrogens with one attached hydrogen (secondary N) is 1. The Morgan fingerprint density at radius 1 is 1.10 bits per heavy atom. The van der Waals surface area contributed by atoms with E-state index in [1.165, 1.54) is 44.3 Å². The van der Waals surface area contributed by atoms with Gasteiger partial charge in [-0.05, 0) is 85.6 Å². The summed E-state index contributed by atoms with van der Waals surface area (Å²) in [5, 5.41) is 12.9. The third-order valence-corrected chi connectivity index (χ3v) is 10.9. The molecule has 0 spiro atoms. The van der Waals surface area contributed by atoms with Crippen LogP contribution in [0.1, 0.15) is 73.4 Å². The first kappa shape index (κ1) is 31.6. The number of carboxylic acids is 1. The van der Waals surface area contributed by atoms with Crippen molar-refractivity contribution in [3.05, 3.63) is 59.2 Å². The van der Waals surface area contributed by atoms with Crippen molar-refractivity contribution in [3.8, 4) is 11.1 Å². The van der Waals surface area contributed by atoms with Gasteiger partial charge in [-0.2, -0.15) is 11.8 Å². The molecule has 1 heterocycles. The van der Waals surface area contributed by atoms with E-state index in [4.69, 9.17) is 0 Å². The van der Waals surface area contributed by atoms with Gasteiger partial charge >= 0.3 is 5.97 Å². The molecule has 4 rings (SSSR count). The summed E-state index contributed by atoms with van der Waals surface area (Å²) in [6, 6.07) is 12.8. The van der Waals surface area contributed by atoms with Crippen LogP contribution in [0.4, 0.5) is 0 Å². The Labute approximate surface area is 249 Å². The lowest BCUT2D eigenvalue weighted by atomic mass is 9.91. The summed E-state index contributed by atoms with van der Waals surface area (Å²) >= 11 is 2.15. The molecule has 0 aromatic heterocycles. The molecule has 2 N–H and O–H groups in total. The van der Waals surface area contributed by atoms with Crippen LogP contribution >= 0.6 is 11.8 Å². The zero-order chi connectivity index (χ0) is 29.6. The molecule has 224 valence electrons. The number of hydrogen-bond donors (Lipinski definition) is 2. The van der Waals surface area contributed by atoms with Gasteiger partial charge in [0.15, 0.2) is 0 Å². The van der Waals surface area contributed by atoms with Crippen LogP contribution in [0.2, 0.25) is 0 Å². The molecule has 1 aliphatic heterocycles. The van der Waals surface area contributed by atoms with Crippen molar-refractivity contribution < 1.29 is 23.1 Å². The summed E-state index contributed by atoms with van der Waals surface area (Å²) in [6.45, 7) is 6.13. The number of nitrogens with zero attached hydrogens (tertiary/aromatic N) is 1. The smallest absolute Gasteiger partial charge is 0.326 e. The van der Waals surface area contributed by atoms with Crippen molar-refractivity contribution in [2.75, 3.05) is 24.3 Å². The van der Waals surface area contributed by atoms with Gasteiger partial charge < -0.3 is 10.4 Å². The molecule has 3 atom stereocenters. The zero-order valence-electron chi connectivity index (χ0n) is 24.5. The van der Waals surface area contributed by atoms with E-state index in [1.54, 1.807) is 6.07 Å². The van der Waals surface area contributed by atoms with Crippen LogP contribution in [-0.4, -0.2) is 71.9 Å². The minimum absolute atomic E-state index is 0.190. The third kappa shape index (κ3) is 9.06. The average molecular weight is 601 g/mol. The van der Waals surface area contributed by atoms with E-state index >= 15 is 0 Å². The van der Waals surface area contributed by atoms with Gasteiger partial charge in [-0.3, -0.25) is 9.69 Å². The topological polar surface area (TPSA) is 104 Å². The Kier molecular flexibility index (Phi) is 10.9. The van der Waals surface area contributed by atoms with Gasteiger partial charge in [-0.25, -0.2) is 13.2 Å². The number of carboxylic acid groups (broad SMARTS) is 1. The molecule has 2 aromatic carbocycles. The molecule has 1 saturated carbocycles. The first-order valence-electron chi connectivity index (χ1n) is 14.8. The third-order valence-electron chi connectivity index (χ3n) is 8.49. The molecular formula is C32H44N2O5S2. The van der Waals surface area contributed by atoms with E-state index in [0.717, 1.165) is 47.5 Å². The maximum atomic E-state index is 13.4. The summed E-state index contributed by atoms with van der Waals surface area (Å²) in [6.07, 6.45) is 8.97. The molecule has 1 aliphatic carbocycles. The maximum Gasteiger partial charge on any atom is 0.326 e. The lowest BCUT2D eigenvalue weighted by Gasteiger charge is -2.23. The van der Waals surface area contributed by atoms with E-state index < -0.39 is 27.8 Å². The van der Waals surface area contributed by atoms with Gasteiger partial charge in [0.05, 0.1) is 5.75 Å². The normalized spacial score (nSPS) is 21.0. The summed E-state index contributed by atoms with van der Waals surface area (Å²) in [7, 11) is -3.37. The monoisotopic (exact) mass is 600 g/mol. The number of aryl methyl sites for hydroxylation is 1. The second-order valence-electron chi connectivity index (χ2n) is 12.0. The van der Waals surface area contributed by atoms with E-state index in [0.29, 0.717) is 16.9 Å². The molecule has 41 heavy (non-hydrogen) atoms. The summed E-state index contributed by atoms with van der Waals surface area (Å²) < 4.78 is 23.2. The highest BCUT2D eigenvalue weighted by Crippen LogP contribution is 2.34. The first-order valence-corrected chi connectivity index (χ1v) is 17.9. The standard InChI is InChI=1S/C32H44N2O5S2/c1-22-9-7-8-12-27(22)29-18-25(13-14-28(29)31(35)33-30(32(36)37)15-16-41(3,38)39)19-34-20-26(17-23(34)2)40-21-24-10-5-4-6-11-24/h7-9,12-14,18,23-24,26,30H,4-6,10-11,15-17,19-21H2,1-3H3,(H,33,35)(H,36,37). The van der Waals surface area contributed by atoms with E-state index in [1.807, 2.05) is 37.3 Å². The van der Waals surface area contributed by atoms with Crippen molar-refractivity contribution in [2.24, 2.45) is 5.92 Å². The van der Waals surface area contributed by atoms with Crippen molar-refractivity contribution >= 4 is 33.5 Å². The molecule has 2 aliphatic rings. The molecule has 2 aromatic rings. The second-order valence-corrected chi connectivity index (χ2v) is 15.5. The van der Waals surface area contributed by atoms with Gasteiger partial charge in [0.1, 0.15) is 15.9 Å². The second kappa shape index (κ2) is 14.2. The highest BCUT2D eigenvalue weighted by Gasteiger charge is 2.30. The Balaban J connectivity index is 1.50. The van der Waals surface area contributed by atoms with Crippen molar-refractivity contribution in [1.82, 2.24) is 10.2 Å². The van der Waals surface area contributed by atoms with Crippen LogP contribution in [0.25, 0.3) is 11.1 Å². The molecule has 2 fully saturated rings. The largest absolute Gasteiger partial charge is 0.480 e. The lowest BCUT2D eigenvalue weighted by molar-refractivity contribution is -0.139. The number of sulfone groups is 1. The van der Waals surface area contributed by atoms with E-state index in [2.05, 4.69) is 35.0 Å². The van der Waals surface area contributed by atoms with E-state index in [9.17, 15) is 23.1 Å². The summed E-state index contributed by atoms with van der Waals surface area (Å²) in [4.78, 5) is 27.8. The quantitative estimate of drug-likeness (QED) is 0.329. The summed E-state index contributed by atoms with van der Waals surface area (Å²) in [5.41, 5.74) is 4.16. The number of hydrogen-bond acceptors (Lipinski definition) is 6. The fourth-order valence-electron chi connectivity index (χ4n) is 6.06. The summed E-state index contributed by atoms with van der Waals surface area (Å²) in [5.74, 6) is 0.0514. The van der Waals surface area contributed by atoms with Crippen molar-refractivity contribution in [1.29, 1.82) is 0 Å². The predicted octanol–water partition coefficient (Wildman–Crippen LogP) is 5.56. The highest BCUT2D eigenvalue weighted by atomic mass is 32.2. The van der Waals surface area contributed by atoms with Crippen LogP contribution in [0.3, 0.4) is 0 Å². The molecule has 9 heteroatoms. The fourth-order valence-corrected chi connectivity index (χ4v) is 8.31. The van der Waals surface area contributed by atoms with Crippen molar-refractivity contribution in [2.45, 2.75) is 82.7 Å². The number of thioether (sulfide) groups is 1. The number of benzene rings is 2. The Morgan fingerprint density at radius 2 is 1.83 bits per heavy atom. The van der Waals surface area contributed by atoms with Crippen LogP contribution < -0.4 is 5.32 Å². The maximum absolute atomic E-state index is 13.4. The molecule has 7 nitrogen and oxygen atoms in total. The molecule has 0 bridgehead atoms. The Hall–Kier alpha value is -2.36. The number of aliphatic carboxylic acids is 1. The molecule has 0 radical (unpaired) electrons. The number of amides is 1. The first-order chi connectivity index (χ1) is 19.5. The average Bonchev–Trinajstić information content (AvgIpc) is 3.28. The van der Waals surface area contributed by atoms with E-state index in [-0.39, 0.29) is 12.2 Å². The molecule has 3 unspecified atom stereocenters. The van der Waals surface area contributed by atoms with Crippen LogP contribution in [0, 0.1) is 12.8 Å². The molecular weight excluding hydrogens is 556 g/mol. The van der Waals surface area contributed by atoms with Gasteiger partial charge in [0.25, 0.3) is 5.91 Å². The Bertz CT molecular complexity index is 1320. The highest BCUT2D eigenvalue weighted by molar-refractivity contribution is 7.99. The van der Waals surface area contributed by atoms with Crippen LogP contribution in [-0.2, 0) is 21.2 Å². The van der Waals surface area contributed by atoms with Gasteiger partial charge in [-0.15, -0.1) is 0 Å². The van der Waals surface area contributed by atoms with Crippen LogP contribution in [0.5, 0.6) is 0 Å². The van der Waals surface area contributed by atoms with Gasteiger partial charge in [-0.1, -0.05) is 49.6 Å². The van der Waals surface area contributed by atoms with Crippen molar-refractivity contribution in [3.63, 3.8) is 0 Å². The van der Waals surface area contributed by atoms with Crippen LogP contribution in [0.15, 0.2) is 42.5 Å². The number of carbonyl (C=O) groups excluding carboxylic acids is 1. The molecule has 1 amide bonds. The Morgan fingerprint density at radius 3 is 2.51 bits per heavy atom.